The normalized spacial score (nSPS) is 10.3. The molecule has 0 radical (unpaired) electrons. The van der Waals surface area contributed by atoms with Crippen LogP contribution in [-0.4, -0.2) is 5.91 Å². The Labute approximate surface area is 119 Å². The molecule has 1 amide bonds. The average Bonchev–Trinajstić information content (AvgIpc) is 2.67. The van der Waals surface area contributed by atoms with Gasteiger partial charge in [0.1, 0.15) is 4.34 Å². The van der Waals surface area contributed by atoms with Crippen LogP contribution in [0.2, 0.25) is 8.67 Å². The van der Waals surface area contributed by atoms with Crippen molar-refractivity contribution in [1.82, 2.24) is 5.32 Å². The highest BCUT2D eigenvalue weighted by atomic mass is 35.5. The molecule has 2 aromatic rings. The zero-order valence-electron chi connectivity index (χ0n) is 9.24. The number of hydrogen-bond acceptors (Lipinski definition) is 3. The summed E-state index contributed by atoms with van der Waals surface area (Å²) in [6, 6.07) is 8.86. The molecule has 6 heteroatoms. The van der Waals surface area contributed by atoms with Crippen molar-refractivity contribution < 1.29 is 4.79 Å². The molecule has 0 unspecified atom stereocenters. The second-order valence-corrected chi connectivity index (χ2v) is 5.95. The van der Waals surface area contributed by atoms with Crippen LogP contribution in [0.3, 0.4) is 0 Å². The molecule has 0 saturated carbocycles. The number of carbonyl (C=O) groups excluding carboxylic acids is 1. The molecule has 0 spiro atoms. The number of amides is 1. The van der Waals surface area contributed by atoms with E-state index in [0.29, 0.717) is 26.5 Å². The van der Waals surface area contributed by atoms with E-state index in [1.54, 1.807) is 18.2 Å². The molecule has 0 aliphatic carbocycles. The second kappa shape index (κ2) is 5.61. The maximum atomic E-state index is 11.8. The molecule has 1 aromatic heterocycles. The van der Waals surface area contributed by atoms with Crippen molar-refractivity contribution in [2.24, 2.45) is 0 Å². The number of thiophene rings is 1. The SMILES string of the molecule is Nc1ccc(CNC(=O)c2cc(Cl)sc2Cl)cc1. The standard InChI is InChI=1S/C12H10Cl2N2OS/c13-10-5-9(11(14)18-10)12(17)16-6-7-1-3-8(15)4-2-7/h1-5H,6,15H2,(H,16,17). The van der Waals surface area contributed by atoms with Crippen LogP contribution in [0.5, 0.6) is 0 Å². The van der Waals surface area contributed by atoms with Gasteiger partial charge in [-0.2, -0.15) is 0 Å². The van der Waals surface area contributed by atoms with E-state index in [0.717, 1.165) is 5.56 Å². The minimum absolute atomic E-state index is 0.236. The van der Waals surface area contributed by atoms with E-state index in [9.17, 15) is 4.79 Å². The van der Waals surface area contributed by atoms with Crippen molar-refractivity contribution in [3.8, 4) is 0 Å². The fourth-order valence-corrected chi connectivity index (χ4v) is 2.87. The Bertz CT molecular complexity index is 566. The topological polar surface area (TPSA) is 55.1 Å². The fourth-order valence-electron chi connectivity index (χ4n) is 1.41. The Balaban J connectivity index is 2.00. The third kappa shape index (κ3) is 3.16. The number of anilines is 1. The molecule has 0 fully saturated rings. The Morgan fingerprint density at radius 2 is 1.94 bits per heavy atom. The molecule has 3 N–H and O–H groups in total. The predicted octanol–water partition coefficient (Wildman–Crippen LogP) is 3.57. The lowest BCUT2D eigenvalue weighted by molar-refractivity contribution is 0.0951. The van der Waals surface area contributed by atoms with E-state index in [1.165, 1.54) is 11.3 Å². The van der Waals surface area contributed by atoms with Crippen LogP contribution >= 0.6 is 34.5 Å². The van der Waals surface area contributed by atoms with Crippen LogP contribution in [0.15, 0.2) is 30.3 Å². The van der Waals surface area contributed by atoms with E-state index < -0.39 is 0 Å². The summed E-state index contributed by atoms with van der Waals surface area (Å²) >= 11 is 12.9. The van der Waals surface area contributed by atoms with Crippen molar-refractivity contribution in [1.29, 1.82) is 0 Å². The Hall–Kier alpha value is -1.23. The first kappa shape index (κ1) is 13.2. The quantitative estimate of drug-likeness (QED) is 0.852. The van der Waals surface area contributed by atoms with Gasteiger partial charge in [0.2, 0.25) is 0 Å². The summed E-state index contributed by atoms with van der Waals surface area (Å²) in [4.78, 5) is 11.8. The fraction of sp³-hybridized carbons (Fsp3) is 0.0833. The molecule has 18 heavy (non-hydrogen) atoms. The van der Waals surface area contributed by atoms with Gasteiger partial charge in [0.15, 0.2) is 0 Å². The minimum Gasteiger partial charge on any atom is -0.399 e. The lowest BCUT2D eigenvalue weighted by Gasteiger charge is -2.04. The molecule has 0 bridgehead atoms. The number of benzene rings is 1. The first-order valence-corrected chi connectivity index (χ1v) is 6.71. The van der Waals surface area contributed by atoms with Gasteiger partial charge in [-0.25, -0.2) is 0 Å². The van der Waals surface area contributed by atoms with Gasteiger partial charge < -0.3 is 11.1 Å². The first-order chi connectivity index (χ1) is 8.56. The highest BCUT2D eigenvalue weighted by Crippen LogP contribution is 2.30. The zero-order valence-corrected chi connectivity index (χ0v) is 11.6. The van der Waals surface area contributed by atoms with E-state index in [-0.39, 0.29) is 5.91 Å². The number of nitrogens with two attached hydrogens (primary N) is 1. The van der Waals surface area contributed by atoms with Crippen molar-refractivity contribution in [3.05, 3.63) is 50.1 Å². The minimum atomic E-state index is -0.236. The maximum absolute atomic E-state index is 11.8. The van der Waals surface area contributed by atoms with Gasteiger partial charge in [-0.15, -0.1) is 11.3 Å². The molecule has 0 saturated heterocycles. The Kier molecular flexibility index (Phi) is 4.11. The molecule has 0 atom stereocenters. The van der Waals surface area contributed by atoms with Crippen LogP contribution < -0.4 is 11.1 Å². The Morgan fingerprint density at radius 1 is 1.28 bits per heavy atom. The van der Waals surface area contributed by atoms with Crippen molar-refractivity contribution >= 4 is 46.1 Å². The number of nitrogen functional groups attached to an aromatic ring is 1. The van der Waals surface area contributed by atoms with Gasteiger partial charge in [0, 0.05) is 12.2 Å². The van der Waals surface area contributed by atoms with Crippen LogP contribution in [0.4, 0.5) is 5.69 Å². The molecule has 0 aliphatic heterocycles. The summed E-state index contributed by atoms with van der Waals surface area (Å²) in [5, 5.41) is 2.77. The van der Waals surface area contributed by atoms with Crippen LogP contribution in [-0.2, 0) is 6.54 Å². The molecule has 3 nitrogen and oxygen atoms in total. The van der Waals surface area contributed by atoms with E-state index in [1.807, 2.05) is 12.1 Å². The van der Waals surface area contributed by atoms with Crippen molar-refractivity contribution in [3.63, 3.8) is 0 Å². The second-order valence-electron chi connectivity index (χ2n) is 3.66. The van der Waals surface area contributed by atoms with Gasteiger partial charge in [-0.05, 0) is 23.8 Å². The lowest BCUT2D eigenvalue weighted by Crippen LogP contribution is -2.22. The van der Waals surface area contributed by atoms with Crippen LogP contribution in [0.25, 0.3) is 0 Å². The van der Waals surface area contributed by atoms with E-state index in [2.05, 4.69) is 5.32 Å². The molecule has 94 valence electrons. The third-order valence-electron chi connectivity index (χ3n) is 2.33. The summed E-state index contributed by atoms with van der Waals surface area (Å²) in [7, 11) is 0. The summed E-state index contributed by atoms with van der Waals surface area (Å²) < 4.78 is 0.896. The van der Waals surface area contributed by atoms with Gasteiger partial charge in [-0.3, -0.25) is 4.79 Å². The first-order valence-electron chi connectivity index (χ1n) is 5.13. The third-order valence-corrected chi connectivity index (χ3v) is 3.82. The van der Waals surface area contributed by atoms with Crippen LogP contribution in [0, 0.1) is 0 Å². The van der Waals surface area contributed by atoms with E-state index >= 15 is 0 Å². The summed E-state index contributed by atoms with van der Waals surface area (Å²) in [5.74, 6) is -0.236. The highest BCUT2D eigenvalue weighted by Gasteiger charge is 2.13. The average molecular weight is 301 g/mol. The number of hydrogen-bond donors (Lipinski definition) is 2. The smallest absolute Gasteiger partial charge is 0.253 e. The van der Waals surface area contributed by atoms with Gasteiger partial charge in [0.05, 0.1) is 9.90 Å². The van der Waals surface area contributed by atoms with Gasteiger partial charge in [-0.1, -0.05) is 35.3 Å². The number of nitrogens with one attached hydrogen (secondary N) is 1. The number of halogens is 2. The molecule has 0 aliphatic rings. The Morgan fingerprint density at radius 3 is 2.50 bits per heavy atom. The highest BCUT2D eigenvalue weighted by molar-refractivity contribution is 7.20. The largest absolute Gasteiger partial charge is 0.399 e. The maximum Gasteiger partial charge on any atom is 0.253 e. The van der Waals surface area contributed by atoms with Gasteiger partial charge >= 0.3 is 0 Å². The molecule has 1 heterocycles. The van der Waals surface area contributed by atoms with E-state index in [4.69, 9.17) is 28.9 Å². The summed E-state index contributed by atoms with van der Waals surface area (Å²) in [6.45, 7) is 0.420. The number of carbonyl (C=O) groups is 1. The van der Waals surface area contributed by atoms with Gasteiger partial charge in [0.25, 0.3) is 5.91 Å². The van der Waals surface area contributed by atoms with Crippen molar-refractivity contribution in [2.45, 2.75) is 6.54 Å². The molecule has 2 rings (SSSR count). The monoisotopic (exact) mass is 300 g/mol. The zero-order chi connectivity index (χ0) is 13.1. The van der Waals surface area contributed by atoms with Crippen molar-refractivity contribution in [2.75, 3.05) is 5.73 Å². The number of rotatable bonds is 3. The molecular weight excluding hydrogens is 291 g/mol. The lowest BCUT2D eigenvalue weighted by atomic mass is 10.2. The van der Waals surface area contributed by atoms with Crippen LogP contribution in [0.1, 0.15) is 15.9 Å². The molecule has 1 aromatic carbocycles. The summed E-state index contributed by atoms with van der Waals surface area (Å²) in [5.41, 5.74) is 7.64. The summed E-state index contributed by atoms with van der Waals surface area (Å²) in [6.07, 6.45) is 0. The predicted molar refractivity (Wildman–Crippen MR) is 76.4 cm³/mol. The molecular formula is C12H10Cl2N2OS.